The summed E-state index contributed by atoms with van der Waals surface area (Å²) in [5, 5.41) is 10.3. The number of hydrogen-bond donors (Lipinski definition) is 2. The Balaban J connectivity index is 1.31. The van der Waals surface area contributed by atoms with E-state index in [9.17, 15) is 18.0 Å². The number of pyridine rings is 2. The molecule has 10 nitrogen and oxygen atoms in total. The van der Waals surface area contributed by atoms with Gasteiger partial charge in [0.15, 0.2) is 5.82 Å². The Morgan fingerprint density at radius 3 is 2.62 bits per heavy atom. The van der Waals surface area contributed by atoms with Crippen LogP contribution in [0, 0.1) is 0 Å². The molecule has 2 N–H and O–H groups in total. The number of nitrogens with one attached hydrogen (secondary N) is 2. The second-order valence-electron chi connectivity index (χ2n) is 9.13. The molecule has 0 atom stereocenters. The first kappa shape index (κ1) is 26.1. The highest BCUT2D eigenvalue weighted by Gasteiger charge is 2.32. The van der Waals surface area contributed by atoms with Crippen molar-refractivity contribution < 1.29 is 18.0 Å². The Bertz CT molecular complexity index is 1510. The predicted molar refractivity (Wildman–Crippen MR) is 140 cm³/mol. The standard InChI is InChI=1S/C26H26F3N9O/c1-17(2)37-13-11-36(12-14-37)16-23(39)33-22-15-18(8-9-30-22)31-25-20-6-4-10-38(20)35-24(34-25)19-5-3-7-21(32-19)26(27,28)29/h3-10,15H,1,11-14,16H2,2H3,(H2,30,31,33,34,35,39). The molecule has 39 heavy (non-hydrogen) atoms. The predicted octanol–water partition coefficient (Wildman–Crippen LogP) is 4.04. The third kappa shape index (κ3) is 6.14. The Kier molecular flexibility index (Phi) is 7.15. The summed E-state index contributed by atoms with van der Waals surface area (Å²) in [6.07, 6.45) is -1.39. The quantitative estimate of drug-likeness (QED) is 0.364. The Morgan fingerprint density at radius 1 is 1.08 bits per heavy atom. The second kappa shape index (κ2) is 10.7. The lowest BCUT2D eigenvalue weighted by atomic mass is 10.3. The fraction of sp³-hybridized carbons (Fsp3) is 0.269. The molecule has 13 heteroatoms. The van der Waals surface area contributed by atoms with Gasteiger partial charge in [-0.2, -0.15) is 13.2 Å². The van der Waals surface area contributed by atoms with Gasteiger partial charge >= 0.3 is 6.18 Å². The molecule has 1 aliphatic rings. The van der Waals surface area contributed by atoms with Crippen molar-refractivity contribution in [3.63, 3.8) is 0 Å². The van der Waals surface area contributed by atoms with E-state index in [1.165, 1.54) is 22.8 Å². The molecule has 202 valence electrons. The number of anilines is 3. The molecule has 0 aliphatic carbocycles. The van der Waals surface area contributed by atoms with Gasteiger partial charge in [-0.1, -0.05) is 12.6 Å². The van der Waals surface area contributed by atoms with Gasteiger partial charge in [0.2, 0.25) is 11.7 Å². The van der Waals surface area contributed by atoms with Crippen molar-refractivity contribution in [3.05, 3.63) is 72.8 Å². The van der Waals surface area contributed by atoms with Gasteiger partial charge in [0, 0.05) is 56.0 Å². The van der Waals surface area contributed by atoms with E-state index in [1.807, 2.05) is 6.92 Å². The molecule has 0 aromatic carbocycles. The molecule has 1 amide bonds. The number of carbonyl (C=O) groups is 1. The maximum absolute atomic E-state index is 13.2. The Labute approximate surface area is 222 Å². The number of aromatic nitrogens is 5. The Hall–Kier alpha value is -4.52. The lowest BCUT2D eigenvalue weighted by Gasteiger charge is -2.35. The SMILES string of the molecule is C=C(C)N1CCN(CC(=O)Nc2cc(Nc3nc(-c4cccc(C(F)(F)F)n4)nn4cccc34)ccn2)CC1. The van der Waals surface area contributed by atoms with Crippen LogP contribution in [-0.4, -0.2) is 73.0 Å². The summed E-state index contributed by atoms with van der Waals surface area (Å²) >= 11 is 0. The molecule has 0 saturated carbocycles. The summed E-state index contributed by atoms with van der Waals surface area (Å²) in [5.74, 6) is 0.535. The maximum Gasteiger partial charge on any atom is 0.433 e. The third-order valence-electron chi connectivity index (χ3n) is 6.23. The monoisotopic (exact) mass is 537 g/mol. The van der Waals surface area contributed by atoms with E-state index in [0.717, 1.165) is 37.9 Å². The molecule has 1 aliphatic heterocycles. The van der Waals surface area contributed by atoms with Gasteiger partial charge in [-0.15, -0.1) is 5.10 Å². The summed E-state index contributed by atoms with van der Waals surface area (Å²) in [6, 6.07) is 10.4. The van der Waals surface area contributed by atoms with Crippen molar-refractivity contribution in [2.45, 2.75) is 13.1 Å². The summed E-state index contributed by atoms with van der Waals surface area (Å²) in [7, 11) is 0. The van der Waals surface area contributed by atoms with Crippen LogP contribution in [0.25, 0.3) is 17.0 Å². The summed E-state index contributed by atoms with van der Waals surface area (Å²) < 4.78 is 41.1. The molecule has 0 radical (unpaired) electrons. The number of allylic oxidation sites excluding steroid dienone is 1. The van der Waals surface area contributed by atoms with Crippen molar-refractivity contribution in [1.82, 2.24) is 34.4 Å². The molecular weight excluding hydrogens is 511 g/mol. The van der Waals surface area contributed by atoms with Gasteiger partial charge in [-0.25, -0.2) is 19.5 Å². The van der Waals surface area contributed by atoms with Crippen LogP contribution in [0.15, 0.2) is 67.1 Å². The van der Waals surface area contributed by atoms with E-state index >= 15 is 0 Å². The van der Waals surface area contributed by atoms with Crippen molar-refractivity contribution in [1.29, 1.82) is 0 Å². The van der Waals surface area contributed by atoms with Crippen LogP contribution < -0.4 is 10.6 Å². The number of carbonyl (C=O) groups excluding carboxylic acids is 1. The largest absolute Gasteiger partial charge is 0.433 e. The molecule has 1 saturated heterocycles. The number of hydrogen-bond acceptors (Lipinski definition) is 8. The number of rotatable bonds is 7. The van der Waals surface area contributed by atoms with Gasteiger partial charge < -0.3 is 15.5 Å². The lowest BCUT2D eigenvalue weighted by Crippen LogP contribution is -2.47. The third-order valence-corrected chi connectivity index (χ3v) is 6.23. The molecule has 4 aromatic rings. The van der Waals surface area contributed by atoms with E-state index in [4.69, 9.17) is 0 Å². The van der Waals surface area contributed by atoms with E-state index in [2.05, 4.69) is 47.1 Å². The van der Waals surface area contributed by atoms with Crippen LogP contribution in [-0.2, 0) is 11.0 Å². The van der Waals surface area contributed by atoms with Gasteiger partial charge in [0.25, 0.3) is 0 Å². The minimum absolute atomic E-state index is 0.0154. The van der Waals surface area contributed by atoms with E-state index in [-0.39, 0.29) is 24.0 Å². The molecule has 1 fully saturated rings. The Morgan fingerprint density at radius 2 is 1.87 bits per heavy atom. The normalized spacial score (nSPS) is 14.4. The number of fused-ring (bicyclic) bond motifs is 1. The highest BCUT2D eigenvalue weighted by molar-refractivity contribution is 5.92. The lowest BCUT2D eigenvalue weighted by molar-refractivity contribution is -0.141. The zero-order valence-corrected chi connectivity index (χ0v) is 21.1. The van der Waals surface area contributed by atoms with Gasteiger partial charge in [0.1, 0.15) is 22.7 Å². The van der Waals surface area contributed by atoms with Crippen LogP contribution >= 0.6 is 0 Å². The van der Waals surface area contributed by atoms with Gasteiger partial charge in [-0.3, -0.25) is 9.69 Å². The number of amides is 1. The number of piperazine rings is 1. The van der Waals surface area contributed by atoms with Crippen LogP contribution in [0.2, 0.25) is 0 Å². The average molecular weight is 538 g/mol. The fourth-order valence-corrected chi connectivity index (χ4v) is 4.24. The zero-order chi connectivity index (χ0) is 27.6. The number of alkyl halides is 3. The van der Waals surface area contributed by atoms with E-state index in [1.54, 1.807) is 30.5 Å². The summed E-state index contributed by atoms with van der Waals surface area (Å²) in [6.45, 7) is 9.36. The molecule has 5 rings (SSSR count). The average Bonchev–Trinajstić information content (AvgIpc) is 3.38. The zero-order valence-electron chi connectivity index (χ0n) is 21.1. The number of nitrogens with zero attached hydrogens (tertiary/aromatic N) is 7. The molecule has 4 aromatic heterocycles. The van der Waals surface area contributed by atoms with Crippen molar-refractivity contribution in [3.8, 4) is 11.5 Å². The number of halogens is 3. The maximum atomic E-state index is 13.2. The molecule has 0 spiro atoms. The highest BCUT2D eigenvalue weighted by atomic mass is 19.4. The first-order chi connectivity index (χ1) is 18.7. The van der Waals surface area contributed by atoms with E-state index in [0.29, 0.717) is 22.8 Å². The minimum Gasteiger partial charge on any atom is -0.373 e. The van der Waals surface area contributed by atoms with Crippen molar-refractivity contribution in [2.24, 2.45) is 0 Å². The minimum atomic E-state index is -4.59. The smallest absolute Gasteiger partial charge is 0.373 e. The van der Waals surface area contributed by atoms with Crippen LogP contribution in [0.3, 0.4) is 0 Å². The molecule has 0 bridgehead atoms. The van der Waals surface area contributed by atoms with Gasteiger partial charge in [0.05, 0.1) is 6.54 Å². The van der Waals surface area contributed by atoms with Crippen LogP contribution in [0.1, 0.15) is 12.6 Å². The summed E-state index contributed by atoms with van der Waals surface area (Å²) in [4.78, 5) is 29.3. The second-order valence-corrected chi connectivity index (χ2v) is 9.13. The first-order valence-corrected chi connectivity index (χ1v) is 12.2. The topological polar surface area (TPSA) is 104 Å². The van der Waals surface area contributed by atoms with Crippen molar-refractivity contribution >= 4 is 28.7 Å². The molecule has 5 heterocycles. The first-order valence-electron chi connectivity index (χ1n) is 12.2. The van der Waals surface area contributed by atoms with Gasteiger partial charge in [-0.05, 0) is 37.3 Å². The van der Waals surface area contributed by atoms with Crippen LogP contribution in [0.4, 0.5) is 30.5 Å². The van der Waals surface area contributed by atoms with E-state index < -0.39 is 11.9 Å². The molecule has 0 unspecified atom stereocenters. The fourth-order valence-electron chi connectivity index (χ4n) is 4.24. The highest BCUT2D eigenvalue weighted by Crippen LogP contribution is 2.29. The van der Waals surface area contributed by atoms with Crippen LogP contribution in [0.5, 0.6) is 0 Å². The summed E-state index contributed by atoms with van der Waals surface area (Å²) in [5.41, 5.74) is 1.14. The van der Waals surface area contributed by atoms with Crippen molar-refractivity contribution in [2.75, 3.05) is 43.4 Å². The molecular formula is C26H26F3N9O.